The van der Waals surface area contributed by atoms with Gasteiger partial charge in [0.1, 0.15) is 22.7 Å². The van der Waals surface area contributed by atoms with Crippen LogP contribution in [0.3, 0.4) is 0 Å². The van der Waals surface area contributed by atoms with Crippen LogP contribution in [0.15, 0.2) is 29.1 Å². The van der Waals surface area contributed by atoms with Gasteiger partial charge in [-0.1, -0.05) is 6.58 Å². The number of piperazine rings is 1. The highest BCUT2D eigenvalue weighted by Crippen LogP contribution is 2.40. The van der Waals surface area contributed by atoms with Crippen molar-refractivity contribution >= 4 is 34.5 Å². The molecule has 39 heavy (non-hydrogen) atoms. The van der Waals surface area contributed by atoms with E-state index >= 15 is 4.39 Å². The van der Waals surface area contributed by atoms with Crippen LogP contribution < -0.4 is 15.6 Å². The number of benzene rings is 1. The van der Waals surface area contributed by atoms with Crippen molar-refractivity contribution in [2.45, 2.75) is 58.1 Å². The number of esters is 2. The first-order valence-corrected chi connectivity index (χ1v) is 13.1. The van der Waals surface area contributed by atoms with Gasteiger partial charge in [0.05, 0.1) is 17.8 Å². The maximum absolute atomic E-state index is 15.4. The fourth-order valence-electron chi connectivity index (χ4n) is 4.62. The van der Waals surface area contributed by atoms with Crippen molar-refractivity contribution in [1.82, 2.24) is 9.88 Å². The summed E-state index contributed by atoms with van der Waals surface area (Å²) in [5.41, 5.74) is -1.84. The maximum atomic E-state index is 15.4. The van der Waals surface area contributed by atoms with Crippen LogP contribution in [-0.4, -0.2) is 66.0 Å². The van der Waals surface area contributed by atoms with Gasteiger partial charge in [0, 0.05) is 43.2 Å². The first-order valence-electron chi connectivity index (χ1n) is 13.1. The van der Waals surface area contributed by atoms with E-state index in [1.807, 2.05) is 4.90 Å². The molecule has 2 aliphatic rings. The minimum Gasteiger partial charge on any atom is -0.478 e. The number of hydrogen-bond acceptors (Lipinski definition) is 8. The first kappa shape index (κ1) is 28.3. The number of ether oxygens (including phenoxy) is 2. The number of fused-ring (bicyclic) bond motifs is 1. The Labute approximate surface area is 225 Å². The molecule has 2 N–H and O–H groups in total. The summed E-state index contributed by atoms with van der Waals surface area (Å²) in [5, 5.41) is 12.2. The number of aromatic nitrogens is 1. The summed E-state index contributed by atoms with van der Waals surface area (Å²) in [5.74, 6) is -3.66. The Kier molecular flexibility index (Phi) is 8.10. The average Bonchev–Trinajstić information content (AvgIpc) is 3.70. The van der Waals surface area contributed by atoms with Gasteiger partial charge in [-0.3, -0.25) is 4.79 Å². The van der Waals surface area contributed by atoms with E-state index in [9.17, 15) is 19.2 Å². The Bertz CT molecular complexity index is 1380. The number of carboxylic acid groups (broad SMARTS) is 1. The lowest BCUT2D eigenvalue weighted by atomic mass is 10.0. The number of nitrogens with one attached hydrogen (secondary N) is 1. The van der Waals surface area contributed by atoms with E-state index in [0.717, 1.165) is 6.07 Å². The molecule has 1 saturated heterocycles. The molecule has 2 aromatic rings. The number of nitrogens with zero attached hydrogens (tertiary/aromatic N) is 2. The Morgan fingerprint density at radius 1 is 1.15 bits per heavy atom. The highest BCUT2D eigenvalue weighted by Gasteiger charge is 2.37. The summed E-state index contributed by atoms with van der Waals surface area (Å²) < 4.78 is 27.9. The highest BCUT2D eigenvalue weighted by atomic mass is 19.1. The van der Waals surface area contributed by atoms with Crippen LogP contribution in [0, 0.1) is 5.82 Å². The monoisotopic (exact) mass is 543 g/mol. The lowest BCUT2D eigenvalue weighted by Gasteiger charge is -2.30. The minimum absolute atomic E-state index is 0.0307. The lowest BCUT2D eigenvalue weighted by Crippen LogP contribution is -2.44. The van der Waals surface area contributed by atoms with Gasteiger partial charge in [-0.2, -0.15) is 0 Å². The Hall–Kier alpha value is -3.73. The van der Waals surface area contributed by atoms with Crippen LogP contribution in [0.1, 0.15) is 73.3 Å². The zero-order chi connectivity index (χ0) is 28.5. The van der Waals surface area contributed by atoms with E-state index in [1.165, 1.54) is 0 Å². The van der Waals surface area contributed by atoms with Crippen LogP contribution in [-0.2, 0) is 14.3 Å². The molecule has 1 aromatic heterocycles. The normalized spacial score (nSPS) is 15.7. The number of pyridine rings is 1. The fourth-order valence-corrected chi connectivity index (χ4v) is 4.62. The topological polar surface area (TPSA) is 127 Å². The molecule has 2 fully saturated rings. The molecule has 1 saturated carbocycles. The molecule has 4 rings (SSSR count). The molecule has 0 amide bonds. The molecule has 210 valence electrons. The zero-order valence-electron chi connectivity index (χ0n) is 22.5. The van der Waals surface area contributed by atoms with Gasteiger partial charge in [-0.15, -0.1) is 0 Å². The molecule has 0 atom stereocenters. The number of carboxylic acids is 1. The number of anilines is 1. The second-order valence-corrected chi connectivity index (χ2v) is 10.9. The van der Waals surface area contributed by atoms with Crippen LogP contribution >= 0.6 is 0 Å². The van der Waals surface area contributed by atoms with E-state index in [-0.39, 0.29) is 42.1 Å². The zero-order valence-corrected chi connectivity index (χ0v) is 22.5. The molecular formula is C28H34FN3O7. The van der Waals surface area contributed by atoms with Crippen molar-refractivity contribution in [2.75, 3.05) is 37.7 Å². The molecule has 2 heterocycles. The van der Waals surface area contributed by atoms with E-state index in [0.29, 0.717) is 50.2 Å². The molecule has 10 nitrogen and oxygen atoms in total. The van der Waals surface area contributed by atoms with Crippen molar-refractivity contribution in [2.24, 2.45) is 0 Å². The molecule has 11 heteroatoms. The summed E-state index contributed by atoms with van der Waals surface area (Å²) in [6.45, 7) is 10.8. The average molecular weight is 544 g/mol. The van der Waals surface area contributed by atoms with Crippen LogP contribution in [0.5, 0.6) is 0 Å². The lowest BCUT2D eigenvalue weighted by molar-refractivity contribution is -0.132. The fraction of sp³-hybridized carbons (Fsp3) is 0.500. The number of hydrogen-bond donors (Lipinski definition) is 2. The third-order valence-electron chi connectivity index (χ3n) is 6.60. The largest absolute Gasteiger partial charge is 0.478 e. The SMILES string of the molecule is C=C(CCCOC(=O)c1c(C(=O)OC(C)(C)C)n(C2CC2)c2cc(N3CCNCC3)c(F)cc2c1=O)C(=O)O. The number of aliphatic carboxylic acids is 1. The Balaban J connectivity index is 1.84. The summed E-state index contributed by atoms with van der Waals surface area (Å²) in [6.07, 6.45) is 1.65. The van der Waals surface area contributed by atoms with Crippen molar-refractivity contribution < 1.29 is 33.4 Å². The van der Waals surface area contributed by atoms with E-state index in [2.05, 4.69) is 11.9 Å². The summed E-state index contributed by atoms with van der Waals surface area (Å²) in [4.78, 5) is 53.4. The predicted octanol–water partition coefficient (Wildman–Crippen LogP) is 3.42. The molecule has 0 unspecified atom stereocenters. The van der Waals surface area contributed by atoms with Gasteiger partial charge in [0.15, 0.2) is 0 Å². The van der Waals surface area contributed by atoms with Crippen LogP contribution in [0.25, 0.3) is 10.9 Å². The van der Waals surface area contributed by atoms with Gasteiger partial charge in [-0.05, 0) is 58.6 Å². The smallest absolute Gasteiger partial charge is 0.356 e. The second kappa shape index (κ2) is 11.2. The van der Waals surface area contributed by atoms with Gasteiger partial charge in [-0.25, -0.2) is 18.8 Å². The number of carbonyl (C=O) groups excluding carboxylic acids is 2. The Morgan fingerprint density at radius 3 is 2.41 bits per heavy atom. The third kappa shape index (κ3) is 6.30. The first-order chi connectivity index (χ1) is 18.4. The molecule has 0 spiro atoms. The molecule has 1 aliphatic heterocycles. The van der Waals surface area contributed by atoms with Gasteiger partial charge < -0.3 is 29.4 Å². The van der Waals surface area contributed by atoms with Crippen LogP contribution in [0.4, 0.5) is 10.1 Å². The highest BCUT2D eigenvalue weighted by molar-refractivity contribution is 6.05. The molecule has 1 aromatic carbocycles. The predicted molar refractivity (Wildman–Crippen MR) is 143 cm³/mol. The summed E-state index contributed by atoms with van der Waals surface area (Å²) >= 11 is 0. The van der Waals surface area contributed by atoms with Gasteiger partial charge >= 0.3 is 17.9 Å². The molecular weight excluding hydrogens is 509 g/mol. The summed E-state index contributed by atoms with van der Waals surface area (Å²) in [7, 11) is 0. The maximum Gasteiger partial charge on any atom is 0.356 e. The molecule has 0 bridgehead atoms. The van der Waals surface area contributed by atoms with Gasteiger partial charge in [0.2, 0.25) is 5.43 Å². The molecule has 1 aliphatic carbocycles. The number of carbonyl (C=O) groups is 3. The van der Waals surface area contributed by atoms with E-state index in [4.69, 9.17) is 14.6 Å². The van der Waals surface area contributed by atoms with Gasteiger partial charge in [0.25, 0.3) is 0 Å². The third-order valence-corrected chi connectivity index (χ3v) is 6.60. The summed E-state index contributed by atoms with van der Waals surface area (Å²) in [6, 6.07) is 2.53. The van der Waals surface area contributed by atoms with Crippen molar-refractivity contribution in [3.05, 3.63) is 51.6 Å². The van der Waals surface area contributed by atoms with E-state index in [1.54, 1.807) is 31.4 Å². The molecule has 0 radical (unpaired) electrons. The van der Waals surface area contributed by atoms with Crippen molar-refractivity contribution in [3.63, 3.8) is 0 Å². The quantitative estimate of drug-likeness (QED) is 0.278. The number of rotatable bonds is 9. The minimum atomic E-state index is -1.16. The standard InChI is InChI=1S/C28H34FN3O7/c1-16(25(34)35)6-5-13-38-26(36)22-23(27(37)39-28(2,3)4)32(17-7-8-17)20-15-21(31-11-9-30-10-12-31)19(29)14-18(20)24(22)33/h14-15,17,30H,1,5-13H2,2-4H3,(H,34,35). The Morgan fingerprint density at radius 2 is 1.82 bits per heavy atom. The van der Waals surface area contributed by atoms with Crippen LogP contribution in [0.2, 0.25) is 0 Å². The van der Waals surface area contributed by atoms with Crippen molar-refractivity contribution in [3.8, 4) is 0 Å². The number of halogens is 1. The van der Waals surface area contributed by atoms with E-state index < -0.39 is 40.3 Å². The second-order valence-electron chi connectivity index (χ2n) is 10.9. The van der Waals surface area contributed by atoms with Crippen molar-refractivity contribution in [1.29, 1.82) is 0 Å².